The first-order valence-electron chi connectivity index (χ1n) is 6.55. The third-order valence-electron chi connectivity index (χ3n) is 3.97. The minimum absolute atomic E-state index is 0.234. The Balaban J connectivity index is 2.04. The molecule has 0 N–H and O–H groups in total. The highest BCUT2D eigenvalue weighted by Gasteiger charge is 2.43. The zero-order valence-electron chi connectivity index (χ0n) is 10.8. The van der Waals surface area contributed by atoms with Crippen molar-refractivity contribution in [2.24, 2.45) is 5.92 Å². The average molecular weight is 250 g/mol. The van der Waals surface area contributed by atoms with Crippen LogP contribution in [-0.4, -0.2) is 12.4 Å². The van der Waals surface area contributed by atoms with Gasteiger partial charge in [-0.2, -0.15) is 0 Å². The summed E-state index contributed by atoms with van der Waals surface area (Å²) in [5.74, 6) is 0.848. The van der Waals surface area contributed by atoms with Gasteiger partial charge in [0.1, 0.15) is 11.5 Å². The van der Waals surface area contributed by atoms with Gasteiger partial charge in [-0.1, -0.05) is 6.42 Å². The number of aryl methyl sites for hydroxylation is 1. The van der Waals surface area contributed by atoms with Gasteiger partial charge in [0.25, 0.3) is 0 Å². The van der Waals surface area contributed by atoms with Crippen molar-refractivity contribution < 1.29 is 13.9 Å². The van der Waals surface area contributed by atoms with E-state index in [1.54, 1.807) is 13.0 Å². The van der Waals surface area contributed by atoms with Crippen LogP contribution in [0.2, 0.25) is 0 Å². The lowest BCUT2D eigenvalue weighted by Gasteiger charge is -2.40. The van der Waals surface area contributed by atoms with E-state index in [1.165, 1.54) is 0 Å². The Morgan fingerprint density at radius 3 is 3.06 bits per heavy atom. The van der Waals surface area contributed by atoms with Gasteiger partial charge in [-0.15, -0.1) is 0 Å². The number of ether oxygens (including phenoxy) is 2. The fraction of sp³-hybridized carbons (Fsp3) is 0.643. The van der Waals surface area contributed by atoms with Gasteiger partial charge in [0.2, 0.25) is 5.79 Å². The molecule has 0 saturated carbocycles. The van der Waals surface area contributed by atoms with Crippen molar-refractivity contribution in [1.29, 1.82) is 0 Å². The minimum atomic E-state index is -0.594. The number of hydrogen-bond acceptors (Lipinski definition) is 4. The van der Waals surface area contributed by atoms with Crippen molar-refractivity contribution in [1.82, 2.24) is 0 Å². The Morgan fingerprint density at radius 1 is 1.39 bits per heavy atom. The summed E-state index contributed by atoms with van der Waals surface area (Å²) in [6.45, 7) is 4.46. The summed E-state index contributed by atoms with van der Waals surface area (Å²) in [4.78, 5) is 11.9. The summed E-state index contributed by atoms with van der Waals surface area (Å²) in [7, 11) is 0. The van der Waals surface area contributed by atoms with Crippen molar-refractivity contribution in [2.45, 2.75) is 45.3 Å². The Morgan fingerprint density at radius 2 is 2.22 bits per heavy atom. The molecule has 2 atom stereocenters. The molecule has 1 aromatic heterocycles. The van der Waals surface area contributed by atoms with Crippen LogP contribution in [0.25, 0.3) is 0 Å². The predicted molar refractivity (Wildman–Crippen MR) is 65.7 cm³/mol. The average Bonchev–Trinajstić information content (AvgIpc) is 2.47. The van der Waals surface area contributed by atoms with E-state index in [-0.39, 0.29) is 11.5 Å². The normalized spacial score (nSPS) is 30.9. The maximum absolute atomic E-state index is 11.9. The molecule has 18 heavy (non-hydrogen) atoms. The molecule has 1 fully saturated rings. The van der Waals surface area contributed by atoms with Crippen molar-refractivity contribution in [2.75, 3.05) is 6.61 Å². The van der Waals surface area contributed by atoms with Gasteiger partial charge in [0, 0.05) is 18.9 Å². The molecule has 0 radical (unpaired) electrons. The van der Waals surface area contributed by atoms with Gasteiger partial charge in [0.05, 0.1) is 12.2 Å². The topological polar surface area (TPSA) is 48.7 Å². The van der Waals surface area contributed by atoms with Gasteiger partial charge in [-0.3, -0.25) is 0 Å². The van der Waals surface area contributed by atoms with Crippen LogP contribution in [0.1, 0.15) is 37.5 Å². The third kappa shape index (κ3) is 1.85. The van der Waals surface area contributed by atoms with Crippen molar-refractivity contribution in [3.05, 3.63) is 27.8 Å². The molecule has 0 amide bonds. The third-order valence-corrected chi connectivity index (χ3v) is 3.97. The van der Waals surface area contributed by atoms with Crippen LogP contribution >= 0.6 is 0 Å². The summed E-state index contributed by atoms with van der Waals surface area (Å²) >= 11 is 0. The van der Waals surface area contributed by atoms with Crippen molar-refractivity contribution >= 4 is 0 Å². The second-order valence-corrected chi connectivity index (χ2v) is 5.35. The van der Waals surface area contributed by atoms with Crippen LogP contribution in [0.3, 0.4) is 0 Å². The second kappa shape index (κ2) is 4.12. The fourth-order valence-corrected chi connectivity index (χ4v) is 2.90. The summed E-state index contributed by atoms with van der Waals surface area (Å²) < 4.78 is 17.0. The van der Waals surface area contributed by atoms with E-state index in [0.29, 0.717) is 23.5 Å². The SMILES string of the molecule is Cc1cc2c(c(=O)o1)C[C@@H]1CCCCO[C@@]1(C)O2. The Labute approximate surface area is 106 Å². The Bertz CT molecular complexity index is 519. The molecule has 3 rings (SSSR count). The molecule has 2 aliphatic heterocycles. The van der Waals surface area contributed by atoms with Crippen LogP contribution in [0.15, 0.2) is 15.3 Å². The monoisotopic (exact) mass is 250 g/mol. The van der Waals surface area contributed by atoms with Gasteiger partial charge in [-0.05, 0) is 26.2 Å². The molecule has 3 heterocycles. The first kappa shape index (κ1) is 11.8. The molecule has 1 saturated heterocycles. The Hall–Kier alpha value is -1.29. The van der Waals surface area contributed by atoms with Crippen LogP contribution in [0.5, 0.6) is 5.75 Å². The lowest BCUT2D eigenvalue weighted by molar-refractivity contribution is -0.206. The quantitative estimate of drug-likeness (QED) is 0.709. The first-order valence-corrected chi connectivity index (χ1v) is 6.55. The predicted octanol–water partition coefficient (Wildman–Crippen LogP) is 2.42. The van der Waals surface area contributed by atoms with Gasteiger partial charge in [0.15, 0.2) is 0 Å². The maximum Gasteiger partial charge on any atom is 0.342 e. The van der Waals surface area contributed by atoms with E-state index in [2.05, 4.69) is 0 Å². The number of rotatable bonds is 0. The maximum atomic E-state index is 11.9. The molecular formula is C14H18O4. The molecule has 0 aromatic carbocycles. The van der Waals surface area contributed by atoms with E-state index in [0.717, 1.165) is 25.9 Å². The first-order chi connectivity index (χ1) is 8.58. The van der Waals surface area contributed by atoms with Gasteiger partial charge < -0.3 is 13.9 Å². The summed E-state index contributed by atoms with van der Waals surface area (Å²) in [5, 5.41) is 0. The zero-order valence-corrected chi connectivity index (χ0v) is 10.8. The summed E-state index contributed by atoms with van der Waals surface area (Å²) in [5.41, 5.74) is 0.393. The second-order valence-electron chi connectivity index (χ2n) is 5.35. The summed E-state index contributed by atoms with van der Waals surface area (Å²) in [6.07, 6.45) is 3.90. The van der Waals surface area contributed by atoms with Crippen molar-refractivity contribution in [3.8, 4) is 5.75 Å². The minimum Gasteiger partial charge on any atom is -0.462 e. The molecule has 4 nitrogen and oxygen atoms in total. The van der Waals surface area contributed by atoms with E-state index >= 15 is 0 Å². The molecule has 1 aromatic rings. The smallest absolute Gasteiger partial charge is 0.342 e. The molecule has 2 aliphatic rings. The van der Waals surface area contributed by atoms with Crippen LogP contribution in [0.4, 0.5) is 0 Å². The van der Waals surface area contributed by atoms with E-state index in [9.17, 15) is 4.79 Å². The highest BCUT2D eigenvalue weighted by Crippen LogP contribution is 2.40. The molecule has 0 spiro atoms. The standard InChI is InChI=1S/C14H18O4/c1-9-7-12-11(13(15)17-9)8-10-5-3-4-6-16-14(10,2)18-12/h7,10H,3-6,8H2,1-2H3/t10-,14-/m0/s1. The van der Waals surface area contributed by atoms with Crippen LogP contribution in [-0.2, 0) is 11.2 Å². The highest BCUT2D eigenvalue weighted by atomic mass is 16.7. The van der Waals surface area contributed by atoms with E-state index in [1.807, 2.05) is 6.92 Å². The summed E-state index contributed by atoms with van der Waals surface area (Å²) in [6, 6.07) is 1.78. The van der Waals surface area contributed by atoms with Crippen molar-refractivity contribution in [3.63, 3.8) is 0 Å². The number of hydrogen-bond donors (Lipinski definition) is 0. The van der Waals surface area contributed by atoms with Crippen LogP contribution in [0, 0.1) is 12.8 Å². The molecule has 98 valence electrons. The molecule has 0 unspecified atom stereocenters. The lowest BCUT2D eigenvalue weighted by Crippen LogP contribution is -2.47. The van der Waals surface area contributed by atoms with Gasteiger partial charge >= 0.3 is 5.63 Å². The molecule has 0 aliphatic carbocycles. The zero-order chi connectivity index (χ0) is 12.8. The van der Waals surface area contributed by atoms with Gasteiger partial charge in [-0.25, -0.2) is 4.79 Å². The fourth-order valence-electron chi connectivity index (χ4n) is 2.90. The molecule has 4 heteroatoms. The number of fused-ring (bicyclic) bond motifs is 2. The molecular weight excluding hydrogens is 232 g/mol. The molecule has 0 bridgehead atoms. The van der Waals surface area contributed by atoms with E-state index in [4.69, 9.17) is 13.9 Å². The van der Waals surface area contributed by atoms with Crippen LogP contribution < -0.4 is 10.4 Å². The highest BCUT2D eigenvalue weighted by molar-refractivity contribution is 5.34. The lowest BCUT2D eigenvalue weighted by atomic mass is 9.86. The largest absolute Gasteiger partial charge is 0.462 e. The van der Waals surface area contributed by atoms with E-state index < -0.39 is 5.79 Å². The Kier molecular flexibility index (Phi) is 2.70.